The molecule has 0 aliphatic heterocycles. The van der Waals surface area contributed by atoms with Crippen molar-refractivity contribution in [3.8, 4) is 0 Å². The van der Waals surface area contributed by atoms with Crippen LogP contribution in [0.15, 0.2) is 49.1 Å². The molecule has 2 aromatic heterocycles. The number of unbranched alkanes of at least 4 members (excludes halogenated alkanes) is 1. The molecule has 2 rings (SSSR count). The van der Waals surface area contributed by atoms with Crippen molar-refractivity contribution in [1.29, 1.82) is 0 Å². The van der Waals surface area contributed by atoms with E-state index in [0.717, 1.165) is 13.1 Å². The first-order valence-electron chi connectivity index (χ1n) is 9.15. The minimum atomic E-state index is 0. The largest absolute Gasteiger partial charge is 1.00 e. The van der Waals surface area contributed by atoms with Crippen molar-refractivity contribution < 1.29 is 12.0 Å². The molecule has 24 heavy (non-hydrogen) atoms. The molecule has 2 aromatic rings. The Morgan fingerprint density at radius 1 is 0.625 bits per heavy atom. The summed E-state index contributed by atoms with van der Waals surface area (Å²) in [7, 11) is 0. The summed E-state index contributed by atoms with van der Waals surface area (Å²) >= 11 is 0. The normalized spacial score (nSPS) is 12.4. The van der Waals surface area contributed by atoms with Crippen LogP contribution in [0.25, 0.3) is 0 Å². The Labute approximate surface area is 151 Å². The number of rotatable bonds is 5. The Morgan fingerprint density at radius 2 is 0.917 bits per heavy atom. The van der Waals surface area contributed by atoms with Crippen LogP contribution in [0, 0.1) is 0 Å². The molecule has 0 atom stereocenters. The van der Waals surface area contributed by atoms with Crippen LogP contribution in [0.3, 0.4) is 0 Å². The highest BCUT2D eigenvalue weighted by Gasteiger charge is 2.16. The first-order valence-corrected chi connectivity index (χ1v) is 9.15. The molecule has 0 aliphatic carbocycles. The molecule has 134 valence electrons. The maximum atomic E-state index is 2.29. The number of aryl methyl sites for hydroxylation is 2. The fourth-order valence-corrected chi connectivity index (χ4v) is 2.80. The monoisotopic (exact) mass is 328 g/mol. The van der Waals surface area contributed by atoms with Crippen LogP contribution in [0.2, 0.25) is 0 Å². The van der Waals surface area contributed by atoms with E-state index in [0.29, 0.717) is 0 Å². The van der Waals surface area contributed by atoms with Crippen molar-refractivity contribution >= 4 is 0 Å². The summed E-state index contributed by atoms with van der Waals surface area (Å²) in [6.45, 7) is 15.7. The lowest BCUT2D eigenvalue weighted by atomic mass is 9.88. The average Bonchev–Trinajstić information content (AvgIpc) is 2.51. The van der Waals surface area contributed by atoms with Gasteiger partial charge in [-0.3, -0.25) is 0 Å². The van der Waals surface area contributed by atoms with E-state index in [1.165, 1.54) is 24.0 Å². The third kappa shape index (κ3) is 5.43. The summed E-state index contributed by atoms with van der Waals surface area (Å²) in [6.07, 6.45) is 11.3. The second-order valence-electron chi connectivity index (χ2n) is 8.86. The second kappa shape index (κ2) is 7.46. The van der Waals surface area contributed by atoms with Crippen LogP contribution in [-0.2, 0) is 23.9 Å². The Morgan fingerprint density at radius 3 is 1.17 bits per heavy atom. The van der Waals surface area contributed by atoms with Gasteiger partial charge in [-0.2, -0.15) is 0 Å². The van der Waals surface area contributed by atoms with Gasteiger partial charge in [0.1, 0.15) is 13.1 Å². The molecular weight excluding hydrogens is 292 g/mol. The minimum Gasteiger partial charge on any atom is -1.00 e. The molecule has 0 unspecified atom stereocenters. The van der Waals surface area contributed by atoms with E-state index >= 15 is 0 Å². The molecular formula is C22H36N2. The van der Waals surface area contributed by atoms with E-state index in [-0.39, 0.29) is 13.7 Å². The van der Waals surface area contributed by atoms with Gasteiger partial charge in [-0.25, -0.2) is 9.13 Å². The molecule has 0 N–H and O–H groups in total. The molecule has 0 saturated carbocycles. The Balaban J connectivity index is 0.00000312. The van der Waals surface area contributed by atoms with E-state index in [1.807, 2.05) is 0 Å². The molecule has 2 heteroatoms. The van der Waals surface area contributed by atoms with Gasteiger partial charge in [0.15, 0.2) is 24.8 Å². The molecule has 0 radical (unpaired) electrons. The summed E-state index contributed by atoms with van der Waals surface area (Å²) in [4.78, 5) is 0. The molecule has 0 saturated heterocycles. The highest BCUT2D eigenvalue weighted by Crippen LogP contribution is 2.20. The third-order valence-corrected chi connectivity index (χ3v) is 4.60. The van der Waals surface area contributed by atoms with Crippen LogP contribution < -0.4 is 9.13 Å². The van der Waals surface area contributed by atoms with Gasteiger partial charge in [0.05, 0.1) is 0 Å². The van der Waals surface area contributed by atoms with E-state index in [4.69, 9.17) is 0 Å². The van der Waals surface area contributed by atoms with E-state index in [2.05, 4.69) is 99.7 Å². The molecule has 0 spiro atoms. The lowest BCUT2D eigenvalue weighted by Crippen LogP contribution is -2.36. The maximum absolute atomic E-state index is 2.29. The number of pyridine rings is 2. The first kappa shape index (κ1) is 18.6. The van der Waals surface area contributed by atoms with Crippen molar-refractivity contribution in [3.63, 3.8) is 0 Å². The van der Waals surface area contributed by atoms with Gasteiger partial charge in [-0.1, -0.05) is 41.5 Å². The molecule has 2 heterocycles. The topological polar surface area (TPSA) is 7.76 Å². The maximum Gasteiger partial charge on any atom is 0.169 e. The Kier molecular flexibility index (Phi) is 5.79. The summed E-state index contributed by atoms with van der Waals surface area (Å²) in [5.41, 5.74) is 3.26. The number of aromatic nitrogens is 2. The number of nitrogens with zero attached hydrogens (tertiary/aromatic N) is 2. The fraction of sp³-hybridized carbons (Fsp3) is 0.545. The summed E-state index contributed by atoms with van der Waals surface area (Å²) < 4.78 is 4.59. The standard InChI is InChI=1S/C22H34N2.2H/c1-21(2,3)19-9-15-23(16-10-19)13-7-8-14-24-17-11-20(12-18-24)22(4,5)6;;/h9-12,15-18H,7-8,13-14H2,1-6H3;;/q+2;2*-1. The average molecular weight is 329 g/mol. The highest BCUT2D eigenvalue weighted by molar-refractivity contribution is 5.18. The highest BCUT2D eigenvalue weighted by atomic mass is 14.9. The van der Waals surface area contributed by atoms with Crippen LogP contribution in [0.5, 0.6) is 0 Å². The minimum absolute atomic E-state index is 0. The SMILES string of the molecule is CC(C)(C)c1cc[n+](CCCC[n+]2ccc(C(C)(C)C)cc2)cc1.[H-].[H-]. The Bertz CT molecular complexity index is 576. The van der Waals surface area contributed by atoms with Gasteiger partial charge in [-0.15, -0.1) is 0 Å². The van der Waals surface area contributed by atoms with E-state index < -0.39 is 0 Å². The lowest BCUT2D eigenvalue weighted by molar-refractivity contribution is -0.708. The van der Waals surface area contributed by atoms with Gasteiger partial charge in [0.25, 0.3) is 0 Å². The number of hydrogen-bond acceptors (Lipinski definition) is 0. The molecule has 0 aromatic carbocycles. The summed E-state index contributed by atoms with van der Waals surface area (Å²) in [5.74, 6) is 0. The lowest BCUT2D eigenvalue weighted by Gasteiger charge is -2.17. The molecule has 0 aliphatic rings. The van der Waals surface area contributed by atoms with Crippen molar-refractivity contribution in [1.82, 2.24) is 0 Å². The van der Waals surface area contributed by atoms with Crippen molar-refractivity contribution in [3.05, 3.63) is 60.2 Å². The quantitative estimate of drug-likeness (QED) is 0.561. The van der Waals surface area contributed by atoms with Gasteiger partial charge in [0.2, 0.25) is 0 Å². The van der Waals surface area contributed by atoms with Crippen LogP contribution in [0.1, 0.15) is 68.4 Å². The zero-order valence-electron chi connectivity index (χ0n) is 18.3. The van der Waals surface area contributed by atoms with Crippen LogP contribution >= 0.6 is 0 Å². The third-order valence-electron chi connectivity index (χ3n) is 4.60. The van der Waals surface area contributed by atoms with Crippen LogP contribution in [0.4, 0.5) is 0 Å². The van der Waals surface area contributed by atoms with Crippen LogP contribution in [-0.4, -0.2) is 0 Å². The molecule has 0 fully saturated rings. The zero-order valence-corrected chi connectivity index (χ0v) is 16.3. The molecule has 0 bridgehead atoms. The smallest absolute Gasteiger partial charge is 0.169 e. The van der Waals surface area contributed by atoms with Gasteiger partial charge < -0.3 is 2.85 Å². The fourth-order valence-electron chi connectivity index (χ4n) is 2.80. The van der Waals surface area contributed by atoms with E-state index in [9.17, 15) is 0 Å². The van der Waals surface area contributed by atoms with Gasteiger partial charge in [-0.05, 0) is 22.0 Å². The van der Waals surface area contributed by atoms with Gasteiger partial charge >= 0.3 is 0 Å². The van der Waals surface area contributed by atoms with E-state index in [1.54, 1.807) is 0 Å². The van der Waals surface area contributed by atoms with Gasteiger partial charge in [0, 0.05) is 37.1 Å². The number of hydrogen-bond donors (Lipinski definition) is 0. The van der Waals surface area contributed by atoms with Crippen molar-refractivity contribution in [2.24, 2.45) is 0 Å². The molecule has 0 amide bonds. The first-order chi connectivity index (χ1) is 11.2. The molecule has 2 nitrogen and oxygen atoms in total. The zero-order chi connectivity index (χ0) is 17.8. The van der Waals surface area contributed by atoms with Crippen molar-refractivity contribution in [2.45, 2.75) is 78.3 Å². The second-order valence-corrected chi connectivity index (χ2v) is 8.86. The predicted molar refractivity (Wildman–Crippen MR) is 102 cm³/mol. The summed E-state index contributed by atoms with van der Waals surface area (Å²) in [6, 6.07) is 9.00. The predicted octanol–water partition coefficient (Wildman–Crippen LogP) is 4.56. The van der Waals surface area contributed by atoms with Crippen molar-refractivity contribution in [2.75, 3.05) is 0 Å². The summed E-state index contributed by atoms with van der Waals surface area (Å²) in [5, 5.41) is 0. The Hall–Kier alpha value is -1.70.